The van der Waals surface area contributed by atoms with Crippen LogP contribution in [0.2, 0.25) is 10.0 Å². The summed E-state index contributed by atoms with van der Waals surface area (Å²) in [5.74, 6) is -0.402. The van der Waals surface area contributed by atoms with Crippen molar-refractivity contribution in [3.8, 4) is 0 Å². The van der Waals surface area contributed by atoms with Crippen LogP contribution in [0.15, 0.2) is 17.4 Å². The summed E-state index contributed by atoms with van der Waals surface area (Å²) in [5.41, 5.74) is 0.455. The molecule has 3 amide bonds. The number of nitrogens with zero attached hydrogens (tertiary/aromatic N) is 3. The van der Waals surface area contributed by atoms with E-state index >= 15 is 0 Å². The van der Waals surface area contributed by atoms with Crippen molar-refractivity contribution in [2.75, 3.05) is 12.3 Å². The fourth-order valence-electron chi connectivity index (χ4n) is 1.72. The van der Waals surface area contributed by atoms with Crippen LogP contribution in [-0.2, 0) is 4.79 Å². The van der Waals surface area contributed by atoms with Crippen molar-refractivity contribution < 1.29 is 9.59 Å². The van der Waals surface area contributed by atoms with E-state index in [-0.39, 0.29) is 5.75 Å². The second-order valence-corrected chi connectivity index (χ2v) is 6.41. The van der Waals surface area contributed by atoms with Crippen LogP contribution in [0.3, 0.4) is 0 Å². The Kier molecular flexibility index (Phi) is 6.49. The number of nitrogens with one attached hydrogen (secondary N) is 2. The molecule has 7 nitrogen and oxygen atoms in total. The number of rotatable bonds is 6. The second kappa shape index (κ2) is 8.37. The quantitative estimate of drug-likeness (QED) is 0.598. The largest absolute Gasteiger partial charge is 0.338 e. The predicted octanol–water partition coefficient (Wildman–Crippen LogP) is 2.75. The lowest BCUT2D eigenvalue weighted by atomic mass is 10.3. The van der Waals surface area contributed by atoms with Gasteiger partial charge in [-0.15, -0.1) is 10.2 Å². The maximum absolute atomic E-state index is 11.7. The smallest absolute Gasteiger partial charge is 0.321 e. The number of amides is 3. The average molecular weight is 376 g/mol. The van der Waals surface area contributed by atoms with Gasteiger partial charge in [0.25, 0.3) is 0 Å². The Morgan fingerprint density at radius 1 is 1.35 bits per heavy atom. The number of hydrogen-bond donors (Lipinski definition) is 2. The second-order valence-electron chi connectivity index (χ2n) is 4.63. The summed E-state index contributed by atoms with van der Waals surface area (Å²) < 4.78 is 1.60. The fraction of sp³-hybridized carbons (Fsp3) is 0.385. The van der Waals surface area contributed by atoms with Gasteiger partial charge in [-0.3, -0.25) is 14.5 Å². The third kappa shape index (κ3) is 4.98. The highest BCUT2D eigenvalue weighted by atomic mass is 35.5. The van der Waals surface area contributed by atoms with Crippen LogP contribution in [0.1, 0.15) is 19.8 Å². The molecule has 2 aromatic rings. The molecule has 0 aromatic carbocycles. The molecule has 0 saturated heterocycles. The summed E-state index contributed by atoms with van der Waals surface area (Å²) in [6.07, 6.45) is 3.44. The zero-order chi connectivity index (χ0) is 16.8. The number of hydrogen-bond acceptors (Lipinski definition) is 5. The fourth-order valence-corrected chi connectivity index (χ4v) is 2.93. The van der Waals surface area contributed by atoms with Gasteiger partial charge in [0.1, 0.15) is 0 Å². The average Bonchev–Trinajstić information content (AvgIpc) is 2.88. The molecule has 2 heterocycles. The molecule has 10 heteroatoms. The van der Waals surface area contributed by atoms with E-state index in [9.17, 15) is 9.59 Å². The van der Waals surface area contributed by atoms with Crippen LogP contribution in [-0.4, -0.2) is 38.8 Å². The molecule has 0 fully saturated rings. The number of thioether (sulfide) groups is 1. The molecule has 0 aliphatic heterocycles. The molecule has 23 heavy (non-hydrogen) atoms. The minimum Gasteiger partial charge on any atom is -0.338 e. The molecule has 0 radical (unpaired) electrons. The summed E-state index contributed by atoms with van der Waals surface area (Å²) in [5, 5.41) is 14.0. The lowest BCUT2D eigenvalue weighted by Crippen LogP contribution is -2.40. The van der Waals surface area contributed by atoms with E-state index in [1.807, 2.05) is 6.92 Å². The Hall–Kier alpha value is -1.51. The Bertz CT molecular complexity index is 722. The predicted molar refractivity (Wildman–Crippen MR) is 90.2 cm³/mol. The van der Waals surface area contributed by atoms with Gasteiger partial charge in [0.15, 0.2) is 10.8 Å². The van der Waals surface area contributed by atoms with Gasteiger partial charge in [-0.25, -0.2) is 4.79 Å². The van der Waals surface area contributed by atoms with Crippen LogP contribution < -0.4 is 10.6 Å². The lowest BCUT2D eigenvalue weighted by Gasteiger charge is -2.05. The molecule has 0 aliphatic rings. The number of urea groups is 1. The number of carbonyl (C=O) groups is 2. The normalized spacial score (nSPS) is 10.7. The van der Waals surface area contributed by atoms with Gasteiger partial charge in [0.2, 0.25) is 5.91 Å². The molecule has 2 rings (SSSR count). The zero-order valence-electron chi connectivity index (χ0n) is 12.3. The number of pyridine rings is 1. The molecule has 124 valence electrons. The summed E-state index contributed by atoms with van der Waals surface area (Å²) in [6, 6.07) is 1.07. The molecule has 2 aromatic heterocycles. The van der Waals surface area contributed by atoms with Gasteiger partial charge in [0.05, 0.1) is 15.8 Å². The van der Waals surface area contributed by atoms with Crippen molar-refractivity contribution in [1.29, 1.82) is 0 Å². The molecule has 0 unspecified atom stereocenters. The van der Waals surface area contributed by atoms with Gasteiger partial charge in [-0.05, 0) is 12.5 Å². The Labute approximate surface area is 147 Å². The standard InChI is InChI=1S/C13H15Cl2N5O2S/c1-2-3-4-16-12(22)17-10(21)7-23-13-19-18-11-9(15)5-8(14)6-20(11)13/h5-6H,2-4,7H2,1H3,(H2,16,17,21,22). The van der Waals surface area contributed by atoms with E-state index in [1.165, 1.54) is 0 Å². The molecule has 0 saturated carbocycles. The van der Waals surface area contributed by atoms with Crippen LogP contribution in [0, 0.1) is 0 Å². The van der Waals surface area contributed by atoms with Gasteiger partial charge in [0, 0.05) is 12.7 Å². The van der Waals surface area contributed by atoms with Crippen molar-refractivity contribution in [3.63, 3.8) is 0 Å². The first-order valence-corrected chi connectivity index (χ1v) is 8.65. The lowest BCUT2D eigenvalue weighted by molar-refractivity contribution is -0.117. The highest BCUT2D eigenvalue weighted by Crippen LogP contribution is 2.25. The monoisotopic (exact) mass is 375 g/mol. The highest BCUT2D eigenvalue weighted by Gasteiger charge is 2.13. The molecular weight excluding hydrogens is 361 g/mol. The number of carbonyl (C=O) groups excluding carboxylic acids is 2. The molecule has 2 N–H and O–H groups in total. The number of halogens is 2. The van der Waals surface area contributed by atoms with E-state index < -0.39 is 11.9 Å². The van der Waals surface area contributed by atoms with E-state index in [0.29, 0.717) is 27.4 Å². The minimum atomic E-state index is -0.499. The van der Waals surface area contributed by atoms with Crippen molar-refractivity contribution in [2.24, 2.45) is 0 Å². The van der Waals surface area contributed by atoms with E-state index in [4.69, 9.17) is 23.2 Å². The highest BCUT2D eigenvalue weighted by molar-refractivity contribution is 7.99. The first-order valence-electron chi connectivity index (χ1n) is 6.91. The van der Waals surface area contributed by atoms with Crippen LogP contribution in [0.4, 0.5) is 4.79 Å². The van der Waals surface area contributed by atoms with Crippen LogP contribution >= 0.6 is 35.0 Å². The van der Waals surface area contributed by atoms with Gasteiger partial charge in [-0.1, -0.05) is 48.3 Å². The van der Waals surface area contributed by atoms with E-state index in [2.05, 4.69) is 20.8 Å². The molecule has 0 aliphatic carbocycles. The zero-order valence-corrected chi connectivity index (χ0v) is 14.6. The molecule has 0 atom stereocenters. The minimum absolute atomic E-state index is 0.0200. The summed E-state index contributed by atoms with van der Waals surface area (Å²) in [7, 11) is 0. The Morgan fingerprint density at radius 2 is 2.13 bits per heavy atom. The maximum atomic E-state index is 11.7. The van der Waals surface area contributed by atoms with Gasteiger partial charge < -0.3 is 5.32 Å². The van der Waals surface area contributed by atoms with Gasteiger partial charge >= 0.3 is 6.03 Å². The SMILES string of the molecule is CCCCNC(=O)NC(=O)CSc1nnc2c(Cl)cc(Cl)cn12. The van der Waals surface area contributed by atoms with Crippen molar-refractivity contribution >= 4 is 52.5 Å². The van der Waals surface area contributed by atoms with E-state index in [1.54, 1.807) is 16.7 Å². The van der Waals surface area contributed by atoms with Crippen LogP contribution in [0.25, 0.3) is 5.65 Å². The van der Waals surface area contributed by atoms with Crippen LogP contribution in [0.5, 0.6) is 0 Å². The summed E-state index contributed by atoms with van der Waals surface area (Å²) >= 11 is 13.1. The molecular formula is C13H15Cl2N5O2S. The van der Waals surface area contributed by atoms with Crippen molar-refractivity contribution in [1.82, 2.24) is 25.2 Å². The first-order chi connectivity index (χ1) is 11.0. The third-order valence-electron chi connectivity index (χ3n) is 2.80. The first kappa shape index (κ1) is 17.8. The number of fused-ring (bicyclic) bond motifs is 1. The summed E-state index contributed by atoms with van der Waals surface area (Å²) in [4.78, 5) is 23.2. The topological polar surface area (TPSA) is 88.4 Å². The number of aromatic nitrogens is 3. The maximum Gasteiger partial charge on any atom is 0.321 e. The van der Waals surface area contributed by atoms with Crippen molar-refractivity contribution in [3.05, 3.63) is 22.3 Å². The van der Waals surface area contributed by atoms with Crippen molar-refractivity contribution in [2.45, 2.75) is 24.9 Å². The molecule has 0 bridgehead atoms. The number of unbranched alkanes of at least 4 members (excludes halogenated alkanes) is 1. The Balaban J connectivity index is 1.91. The van der Waals surface area contributed by atoms with Gasteiger partial charge in [-0.2, -0.15) is 0 Å². The third-order valence-corrected chi connectivity index (χ3v) is 4.22. The summed E-state index contributed by atoms with van der Waals surface area (Å²) in [6.45, 7) is 2.55. The Morgan fingerprint density at radius 3 is 2.87 bits per heavy atom. The number of imide groups is 1. The van der Waals surface area contributed by atoms with E-state index in [0.717, 1.165) is 24.6 Å². The molecule has 0 spiro atoms.